The van der Waals surface area contributed by atoms with Crippen molar-refractivity contribution in [3.8, 4) is 5.75 Å². The average molecular weight is 339 g/mol. The summed E-state index contributed by atoms with van der Waals surface area (Å²) in [6.45, 7) is 2.23. The number of rotatable bonds is 4. The molecule has 4 rings (SSSR count). The van der Waals surface area contributed by atoms with E-state index in [1.54, 1.807) is 19.2 Å². The number of halogens is 1. The third-order valence-electron chi connectivity index (χ3n) is 5.07. The molecule has 2 aliphatic heterocycles. The Bertz CT molecular complexity index is 775. The predicted octanol–water partition coefficient (Wildman–Crippen LogP) is 3.89. The second-order valence-electron chi connectivity index (χ2n) is 6.66. The van der Waals surface area contributed by atoms with Gasteiger partial charge in [0.15, 0.2) is 0 Å². The highest BCUT2D eigenvalue weighted by atomic mass is 19.1. The molecule has 1 saturated heterocycles. The average Bonchev–Trinajstić information content (AvgIpc) is 2.63. The van der Waals surface area contributed by atoms with Gasteiger partial charge in [0.2, 0.25) is 0 Å². The van der Waals surface area contributed by atoms with Gasteiger partial charge in [-0.25, -0.2) is 4.39 Å². The second-order valence-corrected chi connectivity index (χ2v) is 6.66. The summed E-state index contributed by atoms with van der Waals surface area (Å²) in [5, 5.41) is 0. The first kappa shape index (κ1) is 16.3. The summed E-state index contributed by atoms with van der Waals surface area (Å²) in [6.07, 6.45) is 2.95. The van der Waals surface area contributed by atoms with Gasteiger partial charge in [0.1, 0.15) is 11.6 Å². The molecule has 0 amide bonds. The Morgan fingerprint density at radius 1 is 1.16 bits per heavy atom. The van der Waals surface area contributed by atoms with Crippen molar-refractivity contribution in [1.82, 2.24) is 4.90 Å². The molecule has 130 valence electrons. The van der Waals surface area contributed by atoms with E-state index >= 15 is 0 Å². The summed E-state index contributed by atoms with van der Waals surface area (Å²) in [5.74, 6) is 0.493. The minimum atomic E-state index is -0.192. The van der Waals surface area contributed by atoms with Gasteiger partial charge in [-0.05, 0) is 35.8 Å². The Morgan fingerprint density at radius 2 is 2.00 bits per heavy atom. The second kappa shape index (κ2) is 6.98. The van der Waals surface area contributed by atoms with Crippen molar-refractivity contribution in [3.05, 3.63) is 71.6 Å². The smallest absolute Gasteiger partial charge is 0.130 e. The van der Waals surface area contributed by atoms with Crippen molar-refractivity contribution in [2.45, 2.75) is 25.0 Å². The van der Waals surface area contributed by atoms with Crippen LogP contribution in [0.25, 0.3) is 5.57 Å². The third kappa shape index (κ3) is 3.32. The first-order chi connectivity index (χ1) is 12.2. The van der Waals surface area contributed by atoms with Crippen molar-refractivity contribution in [1.29, 1.82) is 0 Å². The lowest BCUT2D eigenvalue weighted by Gasteiger charge is -2.44. The predicted molar refractivity (Wildman–Crippen MR) is 95.9 cm³/mol. The summed E-state index contributed by atoms with van der Waals surface area (Å²) in [5.41, 5.74) is 3.00. The van der Waals surface area contributed by atoms with Crippen molar-refractivity contribution in [2.75, 3.05) is 20.3 Å². The first-order valence-electron chi connectivity index (χ1n) is 8.66. The molecule has 0 radical (unpaired) electrons. The van der Waals surface area contributed by atoms with Crippen molar-refractivity contribution in [2.24, 2.45) is 0 Å². The summed E-state index contributed by atoms with van der Waals surface area (Å²) >= 11 is 0. The minimum absolute atomic E-state index is 0.174. The molecule has 3 nitrogen and oxygen atoms in total. The molecule has 2 aliphatic rings. The van der Waals surface area contributed by atoms with Crippen molar-refractivity contribution < 1.29 is 13.9 Å². The summed E-state index contributed by atoms with van der Waals surface area (Å²) in [6, 6.07) is 15.9. The van der Waals surface area contributed by atoms with Gasteiger partial charge in [-0.15, -0.1) is 0 Å². The number of nitrogens with zero attached hydrogens (tertiary/aromatic N) is 1. The van der Waals surface area contributed by atoms with E-state index < -0.39 is 0 Å². The van der Waals surface area contributed by atoms with Gasteiger partial charge < -0.3 is 9.47 Å². The van der Waals surface area contributed by atoms with E-state index in [9.17, 15) is 4.39 Å². The molecule has 0 saturated carbocycles. The molecular weight excluding hydrogens is 317 g/mol. The van der Waals surface area contributed by atoms with Crippen LogP contribution in [0.1, 0.15) is 17.5 Å². The number of hydrogen-bond acceptors (Lipinski definition) is 3. The summed E-state index contributed by atoms with van der Waals surface area (Å²) in [7, 11) is 1.61. The molecule has 0 aromatic heterocycles. The summed E-state index contributed by atoms with van der Waals surface area (Å²) in [4.78, 5) is 2.47. The van der Waals surface area contributed by atoms with Gasteiger partial charge >= 0.3 is 0 Å². The zero-order chi connectivity index (χ0) is 17.2. The van der Waals surface area contributed by atoms with Crippen LogP contribution in [0.5, 0.6) is 5.75 Å². The Morgan fingerprint density at radius 3 is 2.76 bits per heavy atom. The monoisotopic (exact) mass is 339 g/mol. The van der Waals surface area contributed by atoms with Gasteiger partial charge in [-0.2, -0.15) is 0 Å². The quantitative estimate of drug-likeness (QED) is 0.843. The van der Waals surface area contributed by atoms with Crippen LogP contribution in [0.15, 0.2) is 54.6 Å². The maximum Gasteiger partial charge on any atom is 0.130 e. The molecule has 0 spiro atoms. The topological polar surface area (TPSA) is 21.7 Å². The Balaban J connectivity index is 1.63. The van der Waals surface area contributed by atoms with Crippen LogP contribution in [0.4, 0.5) is 4.39 Å². The number of benzene rings is 2. The van der Waals surface area contributed by atoms with E-state index in [-0.39, 0.29) is 17.9 Å². The van der Waals surface area contributed by atoms with Gasteiger partial charge in [0.05, 0.1) is 26.4 Å². The van der Waals surface area contributed by atoms with Crippen LogP contribution in [-0.2, 0) is 11.3 Å². The highest BCUT2D eigenvalue weighted by Crippen LogP contribution is 2.35. The lowest BCUT2D eigenvalue weighted by Crippen LogP contribution is -2.53. The van der Waals surface area contributed by atoms with E-state index in [0.29, 0.717) is 24.5 Å². The van der Waals surface area contributed by atoms with E-state index in [2.05, 4.69) is 35.2 Å². The molecule has 2 bridgehead atoms. The fourth-order valence-electron chi connectivity index (χ4n) is 3.78. The van der Waals surface area contributed by atoms with Crippen LogP contribution in [0.2, 0.25) is 0 Å². The largest absolute Gasteiger partial charge is 0.497 e. The van der Waals surface area contributed by atoms with Crippen molar-refractivity contribution in [3.63, 3.8) is 0 Å². The van der Waals surface area contributed by atoms with E-state index in [1.165, 1.54) is 11.6 Å². The molecule has 2 aromatic carbocycles. The van der Waals surface area contributed by atoms with Crippen LogP contribution >= 0.6 is 0 Å². The highest BCUT2D eigenvalue weighted by molar-refractivity contribution is 5.69. The number of morpholine rings is 1. The maximum atomic E-state index is 14.4. The zero-order valence-electron chi connectivity index (χ0n) is 14.3. The normalized spacial score (nSPS) is 23.2. The number of ether oxygens (including phenoxy) is 2. The lowest BCUT2D eigenvalue weighted by molar-refractivity contribution is -0.0403. The highest BCUT2D eigenvalue weighted by Gasteiger charge is 2.35. The van der Waals surface area contributed by atoms with Gasteiger partial charge in [0, 0.05) is 18.2 Å². The van der Waals surface area contributed by atoms with Crippen LogP contribution < -0.4 is 4.74 Å². The molecule has 2 unspecified atom stereocenters. The van der Waals surface area contributed by atoms with Crippen molar-refractivity contribution >= 4 is 5.57 Å². The van der Waals surface area contributed by atoms with E-state index in [4.69, 9.17) is 9.47 Å². The van der Waals surface area contributed by atoms with Crippen LogP contribution in [0, 0.1) is 5.82 Å². The summed E-state index contributed by atoms with van der Waals surface area (Å²) < 4.78 is 25.4. The standard InChI is InChI=1S/C21H22FNO2/c1-24-19-7-8-21(22)20(11-19)16-9-17-13-25-14-18(10-16)23(17)12-15-5-3-2-4-6-15/h2-9,11,17-18H,10,12-14H2,1H3. The molecule has 1 fully saturated rings. The zero-order valence-corrected chi connectivity index (χ0v) is 14.3. The minimum Gasteiger partial charge on any atom is -0.497 e. The number of methoxy groups -OCH3 is 1. The van der Waals surface area contributed by atoms with Gasteiger partial charge in [-0.3, -0.25) is 4.90 Å². The molecule has 4 heteroatoms. The molecule has 25 heavy (non-hydrogen) atoms. The van der Waals surface area contributed by atoms with E-state index in [0.717, 1.165) is 18.5 Å². The fourth-order valence-corrected chi connectivity index (χ4v) is 3.78. The molecule has 2 atom stereocenters. The Kier molecular flexibility index (Phi) is 4.55. The van der Waals surface area contributed by atoms with Gasteiger partial charge in [0.25, 0.3) is 0 Å². The molecule has 2 heterocycles. The van der Waals surface area contributed by atoms with Crippen LogP contribution in [-0.4, -0.2) is 37.3 Å². The molecular formula is C21H22FNO2. The Labute approximate surface area is 147 Å². The fraction of sp³-hybridized carbons (Fsp3) is 0.333. The van der Waals surface area contributed by atoms with E-state index in [1.807, 2.05) is 6.07 Å². The molecule has 2 aromatic rings. The molecule has 0 N–H and O–H groups in total. The van der Waals surface area contributed by atoms with Gasteiger partial charge in [-0.1, -0.05) is 36.4 Å². The Hall–Kier alpha value is -2.17. The SMILES string of the molecule is COc1ccc(F)c(C2=CC3COCC(C2)N3Cc2ccccc2)c1. The maximum absolute atomic E-state index is 14.4. The third-order valence-corrected chi connectivity index (χ3v) is 5.07. The molecule has 0 aliphatic carbocycles. The number of hydrogen-bond donors (Lipinski definition) is 0. The lowest BCUT2D eigenvalue weighted by atomic mass is 9.89. The number of fused-ring (bicyclic) bond motifs is 2. The van der Waals surface area contributed by atoms with Crippen LogP contribution in [0.3, 0.4) is 0 Å². The first-order valence-corrected chi connectivity index (χ1v) is 8.66.